The molecule has 1 amide bonds. The van der Waals surface area contributed by atoms with Crippen LogP contribution in [0.25, 0.3) is 10.2 Å². The Hall–Kier alpha value is -2.12. The van der Waals surface area contributed by atoms with E-state index < -0.39 is 9.84 Å². The molecular weight excluding hydrogens is 356 g/mol. The van der Waals surface area contributed by atoms with Gasteiger partial charge in [0.1, 0.15) is 5.69 Å². The van der Waals surface area contributed by atoms with Gasteiger partial charge < -0.3 is 9.88 Å². The van der Waals surface area contributed by atoms with Crippen LogP contribution in [-0.2, 0) is 16.4 Å². The predicted molar refractivity (Wildman–Crippen MR) is 99.9 cm³/mol. The molecule has 4 rings (SSSR count). The Morgan fingerprint density at radius 1 is 1.24 bits per heavy atom. The molecule has 1 saturated heterocycles. The van der Waals surface area contributed by atoms with E-state index in [9.17, 15) is 13.2 Å². The Bertz CT molecular complexity index is 1020. The molecule has 1 fully saturated rings. The van der Waals surface area contributed by atoms with Crippen molar-refractivity contribution in [3.05, 3.63) is 59.1 Å². The van der Waals surface area contributed by atoms with Crippen LogP contribution in [-0.4, -0.2) is 36.4 Å². The number of rotatable bonds is 4. The summed E-state index contributed by atoms with van der Waals surface area (Å²) in [5, 5.41) is 4.90. The zero-order chi connectivity index (χ0) is 17.4. The third kappa shape index (κ3) is 3.34. The summed E-state index contributed by atoms with van der Waals surface area (Å²) >= 11 is 1.60. The van der Waals surface area contributed by atoms with Crippen LogP contribution >= 0.6 is 11.3 Å². The number of hydrogen-bond donors (Lipinski definition) is 1. The van der Waals surface area contributed by atoms with E-state index >= 15 is 0 Å². The van der Waals surface area contributed by atoms with Gasteiger partial charge in [-0.1, -0.05) is 30.3 Å². The summed E-state index contributed by atoms with van der Waals surface area (Å²) in [6.45, 7) is 0.604. The molecule has 1 N–H and O–H groups in total. The molecule has 1 aliphatic rings. The Balaban J connectivity index is 1.63. The second kappa shape index (κ2) is 6.31. The molecule has 1 aromatic carbocycles. The Kier molecular flexibility index (Phi) is 4.13. The Labute approximate surface area is 150 Å². The minimum atomic E-state index is -3.02. The maximum atomic E-state index is 12.8. The van der Waals surface area contributed by atoms with Crippen molar-refractivity contribution in [2.45, 2.75) is 19.0 Å². The number of amides is 1. The number of carbonyl (C=O) groups is 1. The number of benzene rings is 1. The Morgan fingerprint density at radius 2 is 2.04 bits per heavy atom. The van der Waals surface area contributed by atoms with E-state index in [0.717, 1.165) is 15.8 Å². The lowest BCUT2D eigenvalue weighted by molar-refractivity contribution is 0.0932. The smallest absolute Gasteiger partial charge is 0.268 e. The highest BCUT2D eigenvalue weighted by Crippen LogP contribution is 2.26. The zero-order valence-corrected chi connectivity index (χ0v) is 15.1. The molecule has 0 radical (unpaired) electrons. The predicted octanol–water partition coefficient (Wildman–Crippen LogP) is 2.67. The molecule has 0 spiro atoms. The largest absolute Gasteiger partial charge is 0.347 e. The van der Waals surface area contributed by atoms with Crippen LogP contribution in [0.5, 0.6) is 0 Å². The summed E-state index contributed by atoms with van der Waals surface area (Å²) in [5.41, 5.74) is 2.72. The molecule has 7 heteroatoms. The maximum Gasteiger partial charge on any atom is 0.268 e. The number of nitrogens with zero attached hydrogens (tertiary/aromatic N) is 1. The van der Waals surface area contributed by atoms with Gasteiger partial charge in [0.25, 0.3) is 5.91 Å². The lowest BCUT2D eigenvalue weighted by Crippen LogP contribution is -2.36. The molecule has 130 valence electrons. The second-order valence-electron chi connectivity index (χ2n) is 6.34. The van der Waals surface area contributed by atoms with Gasteiger partial charge in [-0.25, -0.2) is 8.42 Å². The number of carbonyl (C=O) groups excluding carboxylic acids is 1. The molecule has 25 heavy (non-hydrogen) atoms. The van der Waals surface area contributed by atoms with Gasteiger partial charge in [-0.05, 0) is 29.5 Å². The Morgan fingerprint density at radius 3 is 2.76 bits per heavy atom. The summed E-state index contributed by atoms with van der Waals surface area (Å²) in [4.78, 5) is 12.8. The quantitative estimate of drug-likeness (QED) is 0.763. The van der Waals surface area contributed by atoms with E-state index in [1.807, 2.05) is 52.4 Å². The monoisotopic (exact) mass is 374 g/mol. The van der Waals surface area contributed by atoms with Crippen LogP contribution in [0.1, 0.15) is 22.5 Å². The highest BCUT2D eigenvalue weighted by Gasteiger charge is 2.30. The average molecular weight is 374 g/mol. The third-order valence-corrected chi connectivity index (χ3v) is 7.13. The molecule has 1 aliphatic heterocycles. The summed E-state index contributed by atoms with van der Waals surface area (Å²) in [6, 6.07) is 13.6. The van der Waals surface area contributed by atoms with Crippen LogP contribution in [0.15, 0.2) is 47.8 Å². The van der Waals surface area contributed by atoms with Crippen LogP contribution < -0.4 is 5.32 Å². The minimum absolute atomic E-state index is 0.0342. The van der Waals surface area contributed by atoms with E-state index in [0.29, 0.717) is 18.7 Å². The van der Waals surface area contributed by atoms with Gasteiger partial charge in [0.05, 0.1) is 21.7 Å². The topological polar surface area (TPSA) is 68.2 Å². The number of fused-ring (bicyclic) bond motifs is 1. The SMILES string of the molecule is O=C(NC1CCS(=O)(=O)C1)c1cc2sccc2n1Cc1ccccc1. The molecule has 3 aromatic rings. The van der Waals surface area contributed by atoms with Gasteiger partial charge in [0, 0.05) is 12.6 Å². The average Bonchev–Trinajstić information content (AvgIpc) is 3.25. The third-order valence-electron chi connectivity index (χ3n) is 4.51. The van der Waals surface area contributed by atoms with Crippen LogP contribution in [0.3, 0.4) is 0 Å². The first-order chi connectivity index (χ1) is 12.0. The van der Waals surface area contributed by atoms with Gasteiger partial charge in [-0.2, -0.15) is 0 Å². The standard InChI is InChI=1S/C18H18N2O3S2/c21-18(19-14-7-9-25(22,23)12-14)16-10-17-15(6-8-24-17)20(16)11-13-4-2-1-3-5-13/h1-6,8,10,14H,7,9,11-12H2,(H,19,21). The fourth-order valence-electron chi connectivity index (χ4n) is 3.27. The molecule has 1 atom stereocenters. The van der Waals surface area contributed by atoms with Crippen molar-refractivity contribution in [1.29, 1.82) is 0 Å². The van der Waals surface area contributed by atoms with Crippen LogP contribution in [0, 0.1) is 0 Å². The van der Waals surface area contributed by atoms with E-state index in [1.54, 1.807) is 11.3 Å². The van der Waals surface area contributed by atoms with E-state index in [2.05, 4.69) is 5.32 Å². The highest BCUT2D eigenvalue weighted by atomic mass is 32.2. The first-order valence-electron chi connectivity index (χ1n) is 8.14. The summed E-state index contributed by atoms with van der Waals surface area (Å²) in [6.07, 6.45) is 0.488. The number of nitrogens with one attached hydrogen (secondary N) is 1. The zero-order valence-electron chi connectivity index (χ0n) is 13.5. The lowest BCUT2D eigenvalue weighted by Gasteiger charge is -2.14. The molecular formula is C18H18N2O3S2. The number of hydrogen-bond acceptors (Lipinski definition) is 4. The fourth-order valence-corrected chi connectivity index (χ4v) is 5.77. The number of thiophene rings is 1. The van der Waals surface area contributed by atoms with Crippen LogP contribution in [0.4, 0.5) is 0 Å². The number of aromatic nitrogens is 1. The van der Waals surface area contributed by atoms with Crippen molar-refractivity contribution in [3.8, 4) is 0 Å². The van der Waals surface area contributed by atoms with Gasteiger partial charge in [-0.3, -0.25) is 4.79 Å². The molecule has 0 saturated carbocycles. The maximum absolute atomic E-state index is 12.8. The highest BCUT2D eigenvalue weighted by molar-refractivity contribution is 7.91. The fraction of sp³-hybridized carbons (Fsp3) is 0.278. The normalized spacial score (nSPS) is 19.3. The van der Waals surface area contributed by atoms with Gasteiger partial charge in [-0.15, -0.1) is 11.3 Å². The lowest BCUT2D eigenvalue weighted by atomic mass is 10.2. The van der Waals surface area contributed by atoms with E-state index in [-0.39, 0.29) is 23.5 Å². The molecule has 0 aliphatic carbocycles. The summed E-state index contributed by atoms with van der Waals surface area (Å²) < 4.78 is 26.3. The van der Waals surface area contributed by atoms with Crippen molar-refractivity contribution in [3.63, 3.8) is 0 Å². The van der Waals surface area contributed by atoms with E-state index in [1.165, 1.54) is 0 Å². The molecule has 1 unspecified atom stereocenters. The summed E-state index contributed by atoms with van der Waals surface area (Å²) in [7, 11) is -3.02. The van der Waals surface area contributed by atoms with E-state index in [4.69, 9.17) is 0 Å². The summed E-state index contributed by atoms with van der Waals surface area (Å²) in [5.74, 6) is -0.0219. The van der Waals surface area contributed by atoms with Crippen LogP contribution in [0.2, 0.25) is 0 Å². The molecule has 0 bridgehead atoms. The van der Waals surface area contributed by atoms with Gasteiger partial charge in [0.2, 0.25) is 0 Å². The van der Waals surface area contributed by atoms with Crippen molar-refractivity contribution in [2.24, 2.45) is 0 Å². The van der Waals surface area contributed by atoms with Crippen molar-refractivity contribution in [2.75, 3.05) is 11.5 Å². The molecule has 3 heterocycles. The second-order valence-corrected chi connectivity index (χ2v) is 9.52. The van der Waals surface area contributed by atoms with Gasteiger partial charge >= 0.3 is 0 Å². The first-order valence-corrected chi connectivity index (χ1v) is 10.8. The van der Waals surface area contributed by atoms with Crippen molar-refractivity contribution < 1.29 is 13.2 Å². The van der Waals surface area contributed by atoms with Gasteiger partial charge in [0.15, 0.2) is 9.84 Å². The molecule has 5 nitrogen and oxygen atoms in total. The number of sulfone groups is 1. The van der Waals surface area contributed by atoms with Crippen molar-refractivity contribution in [1.82, 2.24) is 9.88 Å². The van der Waals surface area contributed by atoms with Crippen molar-refractivity contribution >= 4 is 37.3 Å². The first kappa shape index (κ1) is 16.4. The molecule has 2 aromatic heterocycles. The minimum Gasteiger partial charge on any atom is -0.347 e.